The molecular weight excluding hydrogens is 322 g/mol. The lowest BCUT2D eigenvalue weighted by molar-refractivity contribution is -0.158. The van der Waals surface area contributed by atoms with Crippen molar-refractivity contribution in [1.82, 2.24) is 4.90 Å². The molecule has 1 saturated heterocycles. The zero-order valence-electron chi connectivity index (χ0n) is 15.6. The van der Waals surface area contributed by atoms with E-state index in [2.05, 4.69) is 0 Å². The number of esters is 1. The molecule has 25 heavy (non-hydrogen) atoms. The van der Waals surface area contributed by atoms with Crippen LogP contribution in [0.2, 0.25) is 0 Å². The van der Waals surface area contributed by atoms with Crippen LogP contribution >= 0.6 is 0 Å². The quantitative estimate of drug-likeness (QED) is 0.779. The van der Waals surface area contributed by atoms with E-state index in [0.717, 1.165) is 5.56 Å². The highest BCUT2D eigenvalue weighted by Gasteiger charge is 2.51. The van der Waals surface area contributed by atoms with Crippen LogP contribution in [0.25, 0.3) is 0 Å². The average molecular weight is 349 g/mol. The molecule has 0 aliphatic carbocycles. The summed E-state index contributed by atoms with van der Waals surface area (Å²) in [5, 5.41) is 0. The van der Waals surface area contributed by atoms with Gasteiger partial charge in [-0.2, -0.15) is 0 Å². The van der Waals surface area contributed by atoms with Crippen LogP contribution in [0.3, 0.4) is 0 Å². The van der Waals surface area contributed by atoms with E-state index >= 15 is 0 Å². The molecule has 0 aromatic heterocycles. The molecule has 138 valence electrons. The molecule has 1 aromatic carbocycles. The van der Waals surface area contributed by atoms with E-state index in [1.54, 1.807) is 27.7 Å². The van der Waals surface area contributed by atoms with Gasteiger partial charge in [-0.05, 0) is 46.1 Å². The number of ether oxygens (including phenoxy) is 3. The van der Waals surface area contributed by atoms with Crippen molar-refractivity contribution < 1.29 is 23.8 Å². The Hall–Kier alpha value is -2.08. The molecule has 0 spiro atoms. The Kier molecular flexibility index (Phi) is 5.72. The summed E-state index contributed by atoms with van der Waals surface area (Å²) in [6, 6.07) is 8.71. The lowest BCUT2D eigenvalue weighted by atomic mass is 10.2. The van der Waals surface area contributed by atoms with E-state index in [9.17, 15) is 9.59 Å². The summed E-state index contributed by atoms with van der Waals surface area (Å²) in [6.45, 7) is 7.30. The number of amides is 1. The Morgan fingerprint density at radius 2 is 1.88 bits per heavy atom. The molecule has 1 aliphatic rings. The van der Waals surface area contributed by atoms with E-state index < -0.39 is 29.4 Å². The van der Waals surface area contributed by atoms with Gasteiger partial charge in [-0.25, -0.2) is 9.59 Å². The summed E-state index contributed by atoms with van der Waals surface area (Å²) in [5.41, 5.74) is -0.654. The molecule has 1 aliphatic heterocycles. The molecule has 2 unspecified atom stereocenters. The number of benzene rings is 1. The topological polar surface area (TPSA) is 65.1 Å². The maximum atomic E-state index is 12.6. The summed E-state index contributed by atoms with van der Waals surface area (Å²) in [4.78, 5) is 26.6. The van der Waals surface area contributed by atoms with E-state index in [1.807, 2.05) is 30.3 Å². The van der Waals surface area contributed by atoms with Crippen molar-refractivity contribution in [3.05, 3.63) is 35.9 Å². The number of methoxy groups -OCH3 is 1. The first kappa shape index (κ1) is 19.2. The third kappa shape index (κ3) is 4.72. The van der Waals surface area contributed by atoms with Crippen LogP contribution in [0.15, 0.2) is 30.3 Å². The summed E-state index contributed by atoms with van der Waals surface area (Å²) < 4.78 is 16.4. The Labute approximate surface area is 149 Å². The highest BCUT2D eigenvalue weighted by atomic mass is 16.6. The van der Waals surface area contributed by atoms with Gasteiger partial charge in [0.25, 0.3) is 0 Å². The minimum atomic E-state index is -0.890. The van der Waals surface area contributed by atoms with Crippen LogP contribution in [0, 0.1) is 0 Å². The fourth-order valence-electron chi connectivity index (χ4n) is 2.86. The first-order chi connectivity index (χ1) is 11.7. The maximum absolute atomic E-state index is 12.6. The van der Waals surface area contributed by atoms with Crippen molar-refractivity contribution >= 4 is 12.1 Å². The van der Waals surface area contributed by atoms with Gasteiger partial charge in [0.15, 0.2) is 0 Å². The van der Waals surface area contributed by atoms with Crippen LogP contribution in [0.1, 0.15) is 46.1 Å². The normalized spacial score (nSPS) is 23.4. The Balaban J connectivity index is 2.11. The fourth-order valence-corrected chi connectivity index (χ4v) is 2.86. The molecular formula is C19H27NO5. The fraction of sp³-hybridized carbons (Fsp3) is 0.579. The SMILES string of the molecule is COC1(C)CCC(C(=O)OCc2ccccc2)N1C(=O)OC(C)(C)C. The Morgan fingerprint density at radius 1 is 1.24 bits per heavy atom. The standard InChI is InChI=1S/C19H27NO5/c1-18(2,3)25-17(22)20-15(11-12-19(20,4)23-5)16(21)24-13-14-9-7-6-8-10-14/h6-10,15H,11-13H2,1-5H3. The second-order valence-electron chi connectivity index (χ2n) is 7.38. The number of hydrogen-bond acceptors (Lipinski definition) is 5. The van der Waals surface area contributed by atoms with Gasteiger partial charge in [0.1, 0.15) is 24.0 Å². The number of nitrogens with zero attached hydrogens (tertiary/aromatic N) is 1. The number of rotatable bonds is 4. The van der Waals surface area contributed by atoms with Gasteiger partial charge in [-0.15, -0.1) is 0 Å². The summed E-state index contributed by atoms with van der Waals surface area (Å²) >= 11 is 0. The maximum Gasteiger partial charge on any atom is 0.413 e. The molecule has 6 heteroatoms. The molecule has 1 amide bonds. The van der Waals surface area contributed by atoms with Gasteiger partial charge in [0.2, 0.25) is 0 Å². The van der Waals surface area contributed by atoms with Crippen molar-refractivity contribution in [3.63, 3.8) is 0 Å². The number of carbonyl (C=O) groups is 2. The molecule has 1 fully saturated rings. The van der Waals surface area contributed by atoms with Crippen LogP contribution < -0.4 is 0 Å². The van der Waals surface area contributed by atoms with Crippen LogP contribution in [-0.2, 0) is 25.6 Å². The van der Waals surface area contributed by atoms with E-state index in [4.69, 9.17) is 14.2 Å². The number of hydrogen-bond donors (Lipinski definition) is 0. The molecule has 2 atom stereocenters. The summed E-state index contributed by atoms with van der Waals surface area (Å²) in [6.07, 6.45) is 0.432. The van der Waals surface area contributed by atoms with Gasteiger partial charge < -0.3 is 14.2 Å². The predicted octanol–water partition coefficient (Wildman–Crippen LogP) is 3.49. The highest BCUT2D eigenvalue weighted by Crippen LogP contribution is 2.36. The molecule has 1 heterocycles. The van der Waals surface area contributed by atoms with Gasteiger partial charge in [0, 0.05) is 7.11 Å². The van der Waals surface area contributed by atoms with Crippen LogP contribution in [0.5, 0.6) is 0 Å². The largest absolute Gasteiger partial charge is 0.459 e. The zero-order chi connectivity index (χ0) is 18.7. The number of carbonyl (C=O) groups excluding carboxylic acids is 2. The van der Waals surface area contributed by atoms with E-state index in [0.29, 0.717) is 12.8 Å². The van der Waals surface area contributed by atoms with Crippen molar-refractivity contribution in [1.29, 1.82) is 0 Å². The molecule has 2 rings (SSSR count). The van der Waals surface area contributed by atoms with Crippen molar-refractivity contribution in [3.8, 4) is 0 Å². The van der Waals surface area contributed by atoms with Crippen molar-refractivity contribution in [2.75, 3.05) is 7.11 Å². The zero-order valence-corrected chi connectivity index (χ0v) is 15.6. The highest BCUT2D eigenvalue weighted by molar-refractivity contribution is 5.82. The predicted molar refractivity (Wildman–Crippen MR) is 92.7 cm³/mol. The van der Waals surface area contributed by atoms with Crippen LogP contribution in [-0.4, -0.2) is 41.4 Å². The van der Waals surface area contributed by atoms with E-state index in [-0.39, 0.29) is 6.61 Å². The van der Waals surface area contributed by atoms with Gasteiger partial charge >= 0.3 is 12.1 Å². The molecule has 0 saturated carbocycles. The number of likely N-dealkylation sites (tertiary alicyclic amines) is 1. The van der Waals surface area contributed by atoms with Gasteiger partial charge in [-0.1, -0.05) is 30.3 Å². The second-order valence-corrected chi connectivity index (χ2v) is 7.38. The minimum absolute atomic E-state index is 0.169. The lowest BCUT2D eigenvalue weighted by Crippen LogP contribution is -2.54. The smallest absolute Gasteiger partial charge is 0.413 e. The molecule has 1 aromatic rings. The Morgan fingerprint density at radius 3 is 2.44 bits per heavy atom. The molecule has 0 bridgehead atoms. The third-order valence-corrected chi connectivity index (χ3v) is 4.23. The molecule has 0 radical (unpaired) electrons. The van der Waals surface area contributed by atoms with Gasteiger partial charge in [0.05, 0.1) is 0 Å². The Bertz CT molecular complexity index is 610. The van der Waals surface area contributed by atoms with Crippen molar-refractivity contribution in [2.24, 2.45) is 0 Å². The molecule has 0 N–H and O–H groups in total. The minimum Gasteiger partial charge on any atom is -0.459 e. The molecule has 6 nitrogen and oxygen atoms in total. The first-order valence-electron chi connectivity index (χ1n) is 8.44. The van der Waals surface area contributed by atoms with Gasteiger partial charge in [-0.3, -0.25) is 4.90 Å². The van der Waals surface area contributed by atoms with Crippen molar-refractivity contribution in [2.45, 2.75) is 64.5 Å². The first-order valence-corrected chi connectivity index (χ1v) is 8.44. The summed E-state index contributed by atoms with van der Waals surface area (Å²) in [7, 11) is 1.52. The summed E-state index contributed by atoms with van der Waals surface area (Å²) in [5.74, 6) is -0.449. The monoisotopic (exact) mass is 349 g/mol. The third-order valence-electron chi connectivity index (χ3n) is 4.23. The lowest BCUT2D eigenvalue weighted by Gasteiger charge is -2.37. The second kappa shape index (κ2) is 7.44. The van der Waals surface area contributed by atoms with E-state index in [1.165, 1.54) is 12.0 Å². The van der Waals surface area contributed by atoms with Crippen LogP contribution in [0.4, 0.5) is 4.79 Å². The average Bonchev–Trinajstić information content (AvgIpc) is 2.90.